The van der Waals surface area contributed by atoms with E-state index in [9.17, 15) is 0 Å². The molecule has 0 aliphatic carbocycles. The Balaban J connectivity index is 0.00000242. The van der Waals surface area contributed by atoms with Crippen LogP contribution in [0, 0.1) is 13.8 Å². The number of nitrogens with zero attached hydrogens (tertiary/aromatic N) is 1. The number of benzene rings is 2. The Bertz CT molecular complexity index is 656. The zero-order valence-corrected chi connectivity index (χ0v) is 15.4. The van der Waals surface area contributed by atoms with Crippen LogP contribution in [0.5, 0.6) is 5.75 Å². The van der Waals surface area contributed by atoms with Crippen molar-refractivity contribution in [2.24, 2.45) is 10.7 Å². The number of ether oxygens (including phenoxy) is 1. The average Bonchev–Trinajstić information content (AvgIpc) is 2.49. The van der Waals surface area contributed by atoms with Crippen LogP contribution < -0.4 is 15.8 Å². The third-order valence-corrected chi connectivity index (χ3v) is 3.35. The van der Waals surface area contributed by atoms with Crippen molar-refractivity contribution in [1.29, 1.82) is 0 Å². The van der Waals surface area contributed by atoms with Gasteiger partial charge in [-0.3, -0.25) is 0 Å². The summed E-state index contributed by atoms with van der Waals surface area (Å²) in [6, 6.07) is 13.9. The van der Waals surface area contributed by atoms with E-state index in [1.165, 1.54) is 11.1 Å². The quantitative estimate of drug-likeness (QED) is 0.457. The molecule has 0 radical (unpaired) electrons. The molecule has 2 rings (SSSR count). The first-order valence-corrected chi connectivity index (χ1v) is 6.85. The third kappa shape index (κ3) is 5.22. The van der Waals surface area contributed by atoms with Gasteiger partial charge in [0.1, 0.15) is 5.75 Å². The average molecular weight is 411 g/mol. The molecular formula is C17H22IN3O. The van der Waals surface area contributed by atoms with E-state index in [1.54, 1.807) is 7.11 Å². The molecule has 0 spiro atoms. The Morgan fingerprint density at radius 2 is 1.91 bits per heavy atom. The highest BCUT2D eigenvalue weighted by Gasteiger charge is 1.99. The molecule has 5 heteroatoms. The minimum Gasteiger partial charge on any atom is -0.497 e. The summed E-state index contributed by atoms with van der Waals surface area (Å²) in [5, 5.41) is 3.11. The van der Waals surface area contributed by atoms with Crippen LogP contribution in [0.25, 0.3) is 0 Å². The standard InChI is InChI=1S/C17H21N3O.HI/c1-12-7-8-15(9-13(12)2)20-17(18)19-11-14-5-4-6-16(10-14)21-3;/h4-10H,11H2,1-3H3,(H3,18,19,20);1H. The van der Waals surface area contributed by atoms with Crippen LogP contribution in [0.15, 0.2) is 47.5 Å². The van der Waals surface area contributed by atoms with Gasteiger partial charge in [0.25, 0.3) is 0 Å². The van der Waals surface area contributed by atoms with E-state index in [0.29, 0.717) is 12.5 Å². The van der Waals surface area contributed by atoms with Gasteiger partial charge in [-0.05, 0) is 54.8 Å². The number of halogens is 1. The van der Waals surface area contributed by atoms with Gasteiger partial charge in [0.05, 0.1) is 13.7 Å². The molecule has 0 saturated heterocycles. The molecule has 0 unspecified atom stereocenters. The van der Waals surface area contributed by atoms with Crippen molar-refractivity contribution in [3.05, 3.63) is 59.2 Å². The van der Waals surface area contributed by atoms with E-state index in [4.69, 9.17) is 10.5 Å². The van der Waals surface area contributed by atoms with Crippen molar-refractivity contribution in [2.45, 2.75) is 20.4 Å². The van der Waals surface area contributed by atoms with Gasteiger partial charge in [-0.25, -0.2) is 4.99 Å². The fraction of sp³-hybridized carbons (Fsp3) is 0.235. The van der Waals surface area contributed by atoms with E-state index >= 15 is 0 Å². The molecular weight excluding hydrogens is 389 g/mol. The first-order valence-electron chi connectivity index (χ1n) is 6.85. The highest BCUT2D eigenvalue weighted by Crippen LogP contribution is 2.15. The fourth-order valence-electron chi connectivity index (χ4n) is 1.95. The normalized spacial score (nSPS) is 10.8. The zero-order chi connectivity index (χ0) is 15.2. The molecule has 0 amide bonds. The van der Waals surface area contributed by atoms with E-state index in [2.05, 4.69) is 36.3 Å². The molecule has 0 heterocycles. The van der Waals surface area contributed by atoms with E-state index in [1.807, 2.05) is 30.3 Å². The number of rotatable bonds is 4. The number of hydrogen-bond donors (Lipinski definition) is 2. The molecule has 2 aromatic carbocycles. The summed E-state index contributed by atoms with van der Waals surface area (Å²) >= 11 is 0. The number of nitrogens with two attached hydrogens (primary N) is 1. The molecule has 0 aliphatic heterocycles. The molecule has 0 bridgehead atoms. The molecule has 4 nitrogen and oxygen atoms in total. The monoisotopic (exact) mass is 411 g/mol. The highest BCUT2D eigenvalue weighted by molar-refractivity contribution is 14.0. The number of methoxy groups -OCH3 is 1. The lowest BCUT2D eigenvalue weighted by Gasteiger charge is -2.08. The molecule has 22 heavy (non-hydrogen) atoms. The van der Waals surface area contributed by atoms with Gasteiger partial charge in [-0.15, -0.1) is 24.0 Å². The van der Waals surface area contributed by atoms with Crippen LogP contribution in [0.4, 0.5) is 5.69 Å². The second-order valence-electron chi connectivity index (χ2n) is 4.98. The summed E-state index contributed by atoms with van der Waals surface area (Å²) in [6.07, 6.45) is 0. The molecule has 0 aliphatic rings. The molecule has 2 aromatic rings. The van der Waals surface area contributed by atoms with E-state index < -0.39 is 0 Å². The lowest BCUT2D eigenvalue weighted by molar-refractivity contribution is 0.414. The number of guanidine groups is 1. The molecule has 0 atom stereocenters. The first kappa shape index (κ1) is 18.3. The lowest BCUT2D eigenvalue weighted by Crippen LogP contribution is -2.22. The molecule has 3 N–H and O–H groups in total. The van der Waals surface area contributed by atoms with Crippen molar-refractivity contribution in [2.75, 3.05) is 12.4 Å². The van der Waals surface area contributed by atoms with Gasteiger partial charge < -0.3 is 15.8 Å². The van der Waals surface area contributed by atoms with Crippen LogP contribution >= 0.6 is 24.0 Å². The molecule has 0 fully saturated rings. The zero-order valence-electron chi connectivity index (χ0n) is 13.1. The molecule has 0 aromatic heterocycles. The number of hydrogen-bond acceptors (Lipinski definition) is 2. The van der Waals surface area contributed by atoms with E-state index in [-0.39, 0.29) is 24.0 Å². The van der Waals surface area contributed by atoms with Crippen molar-refractivity contribution >= 4 is 35.6 Å². The van der Waals surface area contributed by atoms with Gasteiger partial charge >= 0.3 is 0 Å². The Kier molecular flexibility index (Phi) is 7.17. The second-order valence-corrected chi connectivity index (χ2v) is 4.98. The smallest absolute Gasteiger partial charge is 0.193 e. The van der Waals surface area contributed by atoms with Crippen molar-refractivity contribution < 1.29 is 4.74 Å². The van der Waals surface area contributed by atoms with Gasteiger partial charge in [0.15, 0.2) is 5.96 Å². The van der Waals surface area contributed by atoms with Gasteiger partial charge in [0.2, 0.25) is 0 Å². The maximum atomic E-state index is 5.92. The summed E-state index contributed by atoms with van der Waals surface area (Å²) in [7, 11) is 1.65. The molecule has 0 saturated carbocycles. The van der Waals surface area contributed by atoms with Crippen molar-refractivity contribution in [3.63, 3.8) is 0 Å². The SMILES string of the molecule is COc1cccc(CN=C(N)Nc2ccc(C)c(C)c2)c1.I. The van der Waals surface area contributed by atoms with Crippen LogP contribution in [-0.2, 0) is 6.54 Å². The summed E-state index contributed by atoms with van der Waals surface area (Å²) in [4.78, 5) is 4.34. The minimum atomic E-state index is 0. The Morgan fingerprint density at radius 3 is 2.59 bits per heavy atom. The maximum Gasteiger partial charge on any atom is 0.193 e. The first-order chi connectivity index (χ1) is 10.1. The van der Waals surface area contributed by atoms with E-state index in [0.717, 1.165) is 17.0 Å². The lowest BCUT2D eigenvalue weighted by atomic mass is 10.1. The summed E-state index contributed by atoms with van der Waals surface area (Å²) < 4.78 is 5.19. The fourth-order valence-corrected chi connectivity index (χ4v) is 1.95. The predicted molar refractivity (Wildman–Crippen MR) is 103 cm³/mol. The van der Waals surface area contributed by atoms with Crippen LogP contribution in [-0.4, -0.2) is 13.1 Å². The number of anilines is 1. The Morgan fingerprint density at radius 1 is 1.14 bits per heavy atom. The second kappa shape index (κ2) is 8.63. The highest BCUT2D eigenvalue weighted by atomic mass is 127. The number of aryl methyl sites for hydroxylation is 2. The Hall–Kier alpha value is -1.76. The van der Waals surface area contributed by atoms with Gasteiger partial charge in [-0.2, -0.15) is 0 Å². The molecule has 118 valence electrons. The van der Waals surface area contributed by atoms with Crippen molar-refractivity contribution in [1.82, 2.24) is 0 Å². The van der Waals surface area contributed by atoms with Gasteiger partial charge in [-0.1, -0.05) is 18.2 Å². The summed E-state index contributed by atoms with van der Waals surface area (Å²) in [5.41, 5.74) is 10.4. The van der Waals surface area contributed by atoms with Crippen LogP contribution in [0.1, 0.15) is 16.7 Å². The Labute approximate surface area is 148 Å². The van der Waals surface area contributed by atoms with Crippen molar-refractivity contribution in [3.8, 4) is 5.75 Å². The number of aliphatic imine (C=N–C) groups is 1. The maximum absolute atomic E-state index is 5.92. The minimum absolute atomic E-state index is 0. The van der Waals surface area contributed by atoms with Gasteiger partial charge in [0, 0.05) is 5.69 Å². The van der Waals surface area contributed by atoms with Crippen LogP contribution in [0.3, 0.4) is 0 Å². The number of nitrogens with one attached hydrogen (secondary N) is 1. The summed E-state index contributed by atoms with van der Waals surface area (Å²) in [6.45, 7) is 4.67. The third-order valence-electron chi connectivity index (χ3n) is 3.35. The predicted octanol–water partition coefficient (Wildman–Crippen LogP) is 3.86. The topological polar surface area (TPSA) is 59.6 Å². The largest absolute Gasteiger partial charge is 0.497 e. The summed E-state index contributed by atoms with van der Waals surface area (Å²) in [5.74, 6) is 1.23. The van der Waals surface area contributed by atoms with Crippen LogP contribution in [0.2, 0.25) is 0 Å².